The fraction of sp³-hybridized carbons (Fsp3) is 0.611. The highest BCUT2D eigenvalue weighted by molar-refractivity contribution is 5.46. The Morgan fingerprint density at radius 3 is 2.17 bits per heavy atom. The molecule has 1 aromatic carbocycles. The fourth-order valence-corrected chi connectivity index (χ4v) is 2.44. The van der Waals surface area contributed by atoms with Crippen LogP contribution in [0, 0.1) is 11.3 Å². The molecular weight excluding hydrogens is 294 g/mol. The molecule has 0 amide bonds. The summed E-state index contributed by atoms with van der Waals surface area (Å²) in [5.74, 6) is 1.27. The molecule has 0 aromatic heterocycles. The van der Waals surface area contributed by atoms with E-state index in [0.717, 1.165) is 5.56 Å². The van der Waals surface area contributed by atoms with Gasteiger partial charge in [-0.15, -0.1) is 0 Å². The summed E-state index contributed by atoms with van der Waals surface area (Å²) in [7, 11) is 3.18. The molecule has 23 heavy (non-hydrogen) atoms. The summed E-state index contributed by atoms with van der Waals surface area (Å²) in [5.41, 5.74) is 0.246. The van der Waals surface area contributed by atoms with Gasteiger partial charge in [-0.1, -0.05) is 6.07 Å². The zero-order valence-electron chi connectivity index (χ0n) is 14.7. The second-order valence-corrected chi connectivity index (χ2v) is 5.39. The molecule has 0 saturated heterocycles. The smallest absolute Gasteiger partial charge is 0.161 e. The third-order valence-electron chi connectivity index (χ3n) is 3.85. The van der Waals surface area contributed by atoms with Crippen LogP contribution in [-0.2, 0) is 14.9 Å². The van der Waals surface area contributed by atoms with E-state index in [4.69, 9.17) is 18.9 Å². The molecule has 0 saturated carbocycles. The number of nitriles is 1. The van der Waals surface area contributed by atoms with E-state index in [0.29, 0.717) is 37.6 Å². The third-order valence-corrected chi connectivity index (χ3v) is 3.85. The molecule has 1 unspecified atom stereocenters. The highest BCUT2D eigenvalue weighted by Gasteiger charge is 2.29. The van der Waals surface area contributed by atoms with Crippen LogP contribution in [0.1, 0.15) is 39.2 Å². The molecule has 5 nitrogen and oxygen atoms in total. The molecule has 0 radical (unpaired) electrons. The highest BCUT2D eigenvalue weighted by atomic mass is 16.7. The zero-order chi connectivity index (χ0) is 17.3. The molecule has 0 heterocycles. The van der Waals surface area contributed by atoms with Crippen molar-refractivity contribution in [1.29, 1.82) is 5.26 Å². The molecular formula is C18H27NO4. The molecule has 0 spiro atoms. The van der Waals surface area contributed by atoms with Gasteiger partial charge < -0.3 is 18.9 Å². The number of hydrogen-bond donors (Lipinski definition) is 0. The molecule has 0 aliphatic heterocycles. The molecule has 5 heteroatoms. The first kappa shape index (κ1) is 19.3. The van der Waals surface area contributed by atoms with Crippen molar-refractivity contribution in [3.8, 4) is 17.6 Å². The maximum Gasteiger partial charge on any atom is 0.161 e. The summed E-state index contributed by atoms with van der Waals surface area (Å²) in [6.45, 7) is 6.96. The van der Waals surface area contributed by atoms with Crippen molar-refractivity contribution < 1.29 is 18.9 Å². The lowest BCUT2D eigenvalue weighted by Gasteiger charge is -2.26. The quantitative estimate of drug-likeness (QED) is 0.615. The molecule has 0 aliphatic rings. The lowest BCUT2D eigenvalue weighted by molar-refractivity contribution is -0.141. The molecule has 0 N–H and O–H groups in total. The summed E-state index contributed by atoms with van der Waals surface area (Å²) in [6.07, 6.45) is 1.00. The molecule has 1 atom stereocenters. The lowest BCUT2D eigenvalue weighted by Crippen LogP contribution is -2.25. The molecule has 0 fully saturated rings. The second kappa shape index (κ2) is 9.39. The standard InChI is InChI=1S/C18H27NO4/c1-6-22-17(23-7-2)10-11-18(3,13-19)14-8-9-15(20-4)16(12-14)21-5/h8-9,12,17H,6-7,10-11H2,1-5H3. The van der Waals surface area contributed by atoms with Crippen LogP contribution in [0.5, 0.6) is 11.5 Å². The first-order valence-corrected chi connectivity index (χ1v) is 7.91. The Morgan fingerprint density at radius 2 is 1.70 bits per heavy atom. The third kappa shape index (κ3) is 5.12. The molecule has 0 aliphatic carbocycles. The molecule has 1 rings (SSSR count). The van der Waals surface area contributed by atoms with Gasteiger partial charge in [-0.25, -0.2) is 0 Å². The van der Waals surface area contributed by atoms with Crippen LogP contribution < -0.4 is 9.47 Å². The second-order valence-electron chi connectivity index (χ2n) is 5.39. The highest BCUT2D eigenvalue weighted by Crippen LogP contribution is 2.35. The Balaban J connectivity index is 2.94. The van der Waals surface area contributed by atoms with E-state index >= 15 is 0 Å². The number of ether oxygens (including phenoxy) is 4. The first-order valence-electron chi connectivity index (χ1n) is 7.91. The normalized spacial score (nSPS) is 13.4. The molecule has 128 valence electrons. The van der Waals surface area contributed by atoms with Gasteiger partial charge in [0.15, 0.2) is 17.8 Å². The summed E-state index contributed by atoms with van der Waals surface area (Å²) >= 11 is 0. The monoisotopic (exact) mass is 321 g/mol. The lowest BCUT2D eigenvalue weighted by atomic mass is 9.79. The summed E-state index contributed by atoms with van der Waals surface area (Å²) in [6, 6.07) is 8.00. The van der Waals surface area contributed by atoms with E-state index in [9.17, 15) is 5.26 Å². The largest absolute Gasteiger partial charge is 0.493 e. The Bertz CT molecular complexity index is 520. The predicted molar refractivity (Wildman–Crippen MR) is 88.8 cm³/mol. The van der Waals surface area contributed by atoms with Gasteiger partial charge in [0.1, 0.15) is 0 Å². The van der Waals surface area contributed by atoms with E-state index in [1.807, 2.05) is 39.0 Å². The average molecular weight is 321 g/mol. The van der Waals surface area contributed by atoms with Crippen molar-refractivity contribution in [2.75, 3.05) is 27.4 Å². The van der Waals surface area contributed by atoms with Crippen molar-refractivity contribution in [1.82, 2.24) is 0 Å². The fourth-order valence-electron chi connectivity index (χ4n) is 2.44. The first-order chi connectivity index (χ1) is 11.0. The van der Waals surface area contributed by atoms with E-state index in [-0.39, 0.29) is 6.29 Å². The Hall–Kier alpha value is -1.77. The maximum absolute atomic E-state index is 9.70. The van der Waals surface area contributed by atoms with Crippen LogP contribution in [0.4, 0.5) is 0 Å². The topological polar surface area (TPSA) is 60.7 Å². The van der Waals surface area contributed by atoms with Crippen LogP contribution in [-0.4, -0.2) is 33.7 Å². The van der Waals surface area contributed by atoms with Crippen LogP contribution in [0.3, 0.4) is 0 Å². The van der Waals surface area contributed by atoms with E-state index in [1.54, 1.807) is 14.2 Å². The van der Waals surface area contributed by atoms with Crippen LogP contribution in [0.15, 0.2) is 18.2 Å². The SMILES string of the molecule is CCOC(CCC(C)(C#N)c1ccc(OC)c(OC)c1)OCC. The van der Waals surface area contributed by atoms with E-state index in [2.05, 4.69) is 6.07 Å². The van der Waals surface area contributed by atoms with Gasteiger partial charge in [-0.05, 0) is 44.9 Å². The van der Waals surface area contributed by atoms with Gasteiger partial charge in [-0.3, -0.25) is 0 Å². The minimum Gasteiger partial charge on any atom is -0.493 e. The van der Waals surface area contributed by atoms with Gasteiger partial charge >= 0.3 is 0 Å². The number of hydrogen-bond acceptors (Lipinski definition) is 5. The van der Waals surface area contributed by atoms with E-state index in [1.165, 1.54) is 0 Å². The van der Waals surface area contributed by atoms with E-state index < -0.39 is 5.41 Å². The van der Waals surface area contributed by atoms with Crippen molar-refractivity contribution in [3.63, 3.8) is 0 Å². The van der Waals surface area contributed by atoms with Gasteiger partial charge in [-0.2, -0.15) is 5.26 Å². The van der Waals surface area contributed by atoms with Crippen molar-refractivity contribution in [2.45, 2.75) is 45.3 Å². The Labute approximate surface area is 139 Å². The minimum absolute atomic E-state index is 0.280. The predicted octanol–water partition coefficient (Wildman–Crippen LogP) is 3.66. The van der Waals surface area contributed by atoms with Gasteiger partial charge in [0, 0.05) is 19.6 Å². The zero-order valence-corrected chi connectivity index (χ0v) is 14.7. The number of nitrogens with zero attached hydrogens (tertiary/aromatic N) is 1. The summed E-state index contributed by atoms with van der Waals surface area (Å²) in [4.78, 5) is 0. The van der Waals surface area contributed by atoms with Gasteiger partial charge in [0.2, 0.25) is 0 Å². The number of rotatable bonds is 10. The van der Waals surface area contributed by atoms with Crippen LogP contribution in [0.25, 0.3) is 0 Å². The van der Waals surface area contributed by atoms with Crippen molar-refractivity contribution in [3.05, 3.63) is 23.8 Å². The maximum atomic E-state index is 9.70. The minimum atomic E-state index is -0.647. The Kier molecular flexibility index (Phi) is 7.87. The van der Waals surface area contributed by atoms with Crippen LogP contribution in [0.2, 0.25) is 0 Å². The Morgan fingerprint density at radius 1 is 1.09 bits per heavy atom. The number of benzene rings is 1. The van der Waals surface area contributed by atoms with Crippen molar-refractivity contribution in [2.24, 2.45) is 0 Å². The average Bonchev–Trinajstić information content (AvgIpc) is 2.59. The van der Waals surface area contributed by atoms with Crippen LogP contribution >= 0.6 is 0 Å². The van der Waals surface area contributed by atoms with Gasteiger partial charge in [0.25, 0.3) is 0 Å². The number of methoxy groups -OCH3 is 2. The summed E-state index contributed by atoms with van der Waals surface area (Å²) in [5, 5.41) is 9.70. The molecule has 0 bridgehead atoms. The summed E-state index contributed by atoms with van der Waals surface area (Å²) < 4.78 is 21.7. The van der Waals surface area contributed by atoms with Crippen molar-refractivity contribution >= 4 is 0 Å². The van der Waals surface area contributed by atoms with Gasteiger partial charge in [0.05, 0.1) is 25.7 Å². The molecule has 1 aromatic rings.